The number of hydrogen-bond donors (Lipinski definition) is 2. The number of nitrogens with two attached hydrogens (primary N) is 1. The Labute approximate surface area is 173 Å². The summed E-state index contributed by atoms with van der Waals surface area (Å²) in [6.45, 7) is 0.606. The van der Waals surface area contributed by atoms with Crippen LogP contribution in [0.15, 0.2) is 53.4 Å². The van der Waals surface area contributed by atoms with Crippen LogP contribution < -0.4 is 11.1 Å². The van der Waals surface area contributed by atoms with Crippen molar-refractivity contribution >= 4 is 23.7 Å². The Morgan fingerprint density at radius 1 is 1.03 bits per heavy atom. The molecule has 3 N–H and O–H groups in total. The van der Waals surface area contributed by atoms with Crippen molar-refractivity contribution in [2.24, 2.45) is 0 Å². The summed E-state index contributed by atoms with van der Waals surface area (Å²) in [6, 6.07) is 15.0. The molecule has 2 aromatic carbocycles. The fourth-order valence-corrected chi connectivity index (χ4v) is 4.12. The van der Waals surface area contributed by atoms with Crippen LogP contribution in [0.2, 0.25) is 0 Å². The van der Waals surface area contributed by atoms with E-state index >= 15 is 0 Å². The standard InChI is InChI=1S/C22H21FN4OS/c1-27(2)29-16-6-3-13(4-7-16)18-12-19(21(24)26-20(18)23)14-5-8-17-15(11-14)9-10-25-22(17)28/h3-8,11-12H,9-10H2,1-2H3,(H2,24,26)(H,25,28). The van der Waals surface area contributed by atoms with Crippen LogP contribution in [0.3, 0.4) is 0 Å². The van der Waals surface area contributed by atoms with E-state index in [1.54, 1.807) is 24.1 Å². The van der Waals surface area contributed by atoms with Gasteiger partial charge in [-0.25, -0.2) is 4.98 Å². The molecule has 0 bridgehead atoms. The number of halogens is 1. The van der Waals surface area contributed by atoms with Crippen molar-refractivity contribution in [3.8, 4) is 22.3 Å². The van der Waals surface area contributed by atoms with Gasteiger partial charge in [-0.2, -0.15) is 4.39 Å². The highest BCUT2D eigenvalue weighted by molar-refractivity contribution is 7.97. The number of benzene rings is 2. The minimum atomic E-state index is -0.600. The quantitative estimate of drug-likeness (QED) is 0.505. The summed E-state index contributed by atoms with van der Waals surface area (Å²) >= 11 is 1.59. The number of amides is 1. The van der Waals surface area contributed by atoms with Gasteiger partial charge in [-0.3, -0.25) is 9.10 Å². The first kappa shape index (κ1) is 19.4. The third-order valence-electron chi connectivity index (χ3n) is 4.80. The average Bonchev–Trinajstić information content (AvgIpc) is 2.68. The van der Waals surface area contributed by atoms with E-state index in [-0.39, 0.29) is 11.7 Å². The number of carbonyl (C=O) groups excluding carboxylic acids is 1. The lowest BCUT2D eigenvalue weighted by molar-refractivity contribution is 0.0946. The van der Waals surface area contributed by atoms with Crippen LogP contribution in [-0.2, 0) is 6.42 Å². The first-order chi connectivity index (χ1) is 13.9. The highest BCUT2D eigenvalue weighted by Crippen LogP contribution is 2.34. The van der Waals surface area contributed by atoms with Gasteiger partial charge in [-0.1, -0.05) is 24.3 Å². The first-order valence-electron chi connectivity index (χ1n) is 9.25. The third kappa shape index (κ3) is 3.97. The van der Waals surface area contributed by atoms with Gasteiger partial charge >= 0.3 is 0 Å². The Bertz CT molecular complexity index is 1080. The van der Waals surface area contributed by atoms with Gasteiger partial charge in [0.25, 0.3) is 5.91 Å². The maximum atomic E-state index is 14.6. The molecule has 1 aliphatic rings. The summed E-state index contributed by atoms with van der Waals surface area (Å²) in [6.07, 6.45) is 0.751. The van der Waals surface area contributed by atoms with Crippen LogP contribution in [0.5, 0.6) is 0 Å². The molecule has 1 amide bonds. The zero-order valence-corrected chi connectivity index (χ0v) is 17.0. The number of hydrogen-bond acceptors (Lipinski definition) is 5. The molecule has 29 heavy (non-hydrogen) atoms. The number of fused-ring (bicyclic) bond motifs is 1. The molecule has 0 spiro atoms. The van der Waals surface area contributed by atoms with Crippen LogP contribution in [0.1, 0.15) is 15.9 Å². The summed E-state index contributed by atoms with van der Waals surface area (Å²) in [5.41, 5.74) is 10.3. The van der Waals surface area contributed by atoms with Crippen molar-refractivity contribution in [3.63, 3.8) is 0 Å². The first-order valence-corrected chi connectivity index (χ1v) is 10.0. The predicted octanol–water partition coefficient (Wildman–Crippen LogP) is 3.99. The molecular weight excluding hydrogens is 387 g/mol. The Balaban J connectivity index is 1.74. The van der Waals surface area contributed by atoms with Crippen LogP contribution >= 0.6 is 11.9 Å². The van der Waals surface area contributed by atoms with Crippen molar-refractivity contribution in [2.45, 2.75) is 11.3 Å². The summed E-state index contributed by atoms with van der Waals surface area (Å²) in [7, 11) is 3.94. The summed E-state index contributed by atoms with van der Waals surface area (Å²) in [5.74, 6) is -0.540. The number of nitrogens with zero attached hydrogens (tertiary/aromatic N) is 2. The fourth-order valence-electron chi connectivity index (χ4n) is 3.44. The Kier molecular flexibility index (Phi) is 5.25. The molecule has 0 saturated heterocycles. The van der Waals surface area contributed by atoms with Gasteiger partial charge in [-0.15, -0.1) is 0 Å². The number of nitrogen functional groups attached to an aromatic ring is 1. The molecule has 0 unspecified atom stereocenters. The molecular formula is C22H21FN4OS. The number of anilines is 1. The van der Waals surface area contributed by atoms with Gasteiger partial charge in [0.05, 0.1) is 0 Å². The summed E-state index contributed by atoms with van der Waals surface area (Å²) in [5, 5.41) is 2.83. The lowest BCUT2D eigenvalue weighted by Crippen LogP contribution is -2.31. The number of nitrogens with one attached hydrogen (secondary N) is 1. The van der Waals surface area contributed by atoms with Gasteiger partial charge in [0, 0.05) is 28.1 Å². The number of pyridine rings is 1. The van der Waals surface area contributed by atoms with Gasteiger partial charge in [-0.05, 0) is 73.4 Å². The third-order valence-corrected chi connectivity index (χ3v) is 5.65. The van der Waals surface area contributed by atoms with Gasteiger partial charge in [0.2, 0.25) is 5.95 Å². The molecule has 4 rings (SSSR count). The molecule has 0 atom stereocenters. The maximum Gasteiger partial charge on any atom is 0.251 e. The van der Waals surface area contributed by atoms with E-state index in [1.165, 1.54) is 0 Å². The SMILES string of the molecule is CN(C)Sc1ccc(-c2cc(-c3ccc4c(c3)CCNC4=O)c(N)nc2F)cc1. The Morgan fingerprint density at radius 3 is 2.48 bits per heavy atom. The Hall–Kier alpha value is -2.90. The smallest absolute Gasteiger partial charge is 0.251 e. The van der Waals surface area contributed by atoms with Crippen molar-refractivity contribution in [3.05, 3.63) is 65.6 Å². The average molecular weight is 409 g/mol. The van der Waals surface area contributed by atoms with E-state index in [1.807, 2.05) is 54.8 Å². The van der Waals surface area contributed by atoms with E-state index in [9.17, 15) is 9.18 Å². The van der Waals surface area contributed by atoms with Gasteiger partial charge in [0.1, 0.15) is 5.82 Å². The van der Waals surface area contributed by atoms with Crippen molar-refractivity contribution in [1.29, 1.82) is 0 Å². The van der Waals surface area contributed by atoms with Crippen LogP contribution in [0.4, 0.5) is 10.2 Å². The lowest BCUT2D eigenvalue weighted by atomic mass is 9.94. The largest absolute Gasteiger partial charge is 0.383 e. The second kappa shape index (κ2) is 7.85. The molecule has 5 nitrogen and oxygen atoms in total. The zero-order chi connectivity index (χ0) is 20.5. The molecule has 1 aliphatic heterocycles. The molecule has 0 fully saturated rings. The van der Waals surface area contributed by atoms with E-state index in [4.69, 9.17) is 5.73 Å². The van der Waals surface area contributed by atoms with E-state index in [2.05, 4.69) is 10.3 Å². The van der Waals surface area contributed by atoms with E-state index in [0.717, 1.165) is 28.0 Å². The monoisotopic (exact) mass is 408 g/mol. The molecule has 3 aromatic rings. The number of aromatic nitrogens is 1. The number of rotatable bonds is 4. The lowest BCUT2D eigenvalue weighted by Gasteiger charge is -2.18. The minimum Gasteiger partial charge on any atom is -0.383 e. The highest BCUT2D eigenvalue weighted by atomic mass is 32.2. The van der Waals surface area contributed by atoms with Gasteiger partial charge in [0.15, 0.2) is 0 Å². The van der Waals surface area contributed by atoms with Crippen LogP contribution in [-0.4, -0.2) is 35.8 Å². The predicted molar refractivity (Wildman–Crippen MR) is 115 cm³/mol. The highest BCUT2D eigenvalue weighted by Gasteiger charge is 2.19. The maximum absolute atomic E-state index is 14.6. The second-order valence-corrected chi connectivity index (χ2v) is 8.45. The molecule has 1 aromatic heterocycles. The van der Waals surface area contributed by atoms with E-state index < -0.39 is 5.95 Å². The van der Waals surface area contributed by atoms with E-state index in [0.29, 0.717) is 23.2 Å². The minimum absolute atomic E-state index is 0.0700. The summed E-state index contributed by atoms with van der Waals surface area (Å²) in [4.78, 5) is 17.0. The van der Waals surface area contributed by atoms with Crippen LogP contribution in [0, 0.1) is 5.95 Å². The van der Waals surface area contributed by atoms with Crippen molar-refractivity contribution < 1.29 is 9.18 Å². The zero-order valence-electron chi connectivity index (χ0n) is 16.2. The molecule has 148 valence electrons. The van der Waals surface area contributed by atoms with Gasteiger partial charge < -0.3 is 11.1 Å². The molecule has 7 heteroatoms. The molecule has 2 heterocycles. The molecule has 0 radical (unpaired) electrons. The van der Waals surface area contributed by atoms with Crippen molar-refractivity contribution in [2.75, 3.05) is 26.4 Å². The van der Waals surface area contributed by atoms with Crippen LogP contribution in [0.25, 0.3) is 22.3 Å². The number of carbonyl (C=O) groups is 1. The Morgan fingerprint density at radius 2 is 1.76 bits per heavy atom. The normalized spacial score (nSPS) is 13.3. The molecule has 0 saturated carbocycles. The topological polar surface area (TPSA) is 71.2 Å². The fraction of sp³-hybridized carbons (Fsp3) is 0.182. The van der Waals surface area contributed by atoms with Crippen molar-refractivity contribution in [1.82, 2.24) is 14.6 Å². The second-order valence-electron chi connectivity index (χ2n) is 7.07. The molecule has 0 aliphatic carbocycles. The summed E-state index contributed by atoms with van der Waals surface area (Å²) < 4.78 is 16.6.